The number of amides is 1. The molecule has 0 saturated carbocycles. The smallest absolute Gasteiger partial charge is 0.318 e. The van der Waals surface area contributed by atoms with Gasteiger partial charge in [0.15, 0.2) is 0 Å². The summed E-state index contributed by atoms with van der Waals surface area (Å²) in [5, 5.41) is 12.0. The molecule has 6 rings (SSSR count). The summed E-state index contributed by atoms with van der Waals surface area (Å²) in [6, 6.07) is 17.5. The molecule has 2 saturated heterocycles. The van der Waals surface area contributed by atoms with Crippen LogP contribution >= 0.6 is 0 Å². The highest BCUT2D eigenvalue weighted by molar-refractivity contribution is 5.94. The molecule has 0 spiro atoms. The zero-order valence-corrected chi connectivity index (χ0v) is 25.0. The third-order valence-electron chi connectivity index (χ3n) is 9.09. The van der Waals surface area contributed by atoms with Crippen molar-refractivity contribution in [3.63, 3.8) is 0 Å². The quantitative estimate of drug-likeness (QED) is 0.371. The van der Waals surface area contributed by atoms with Crippen LogP contribution in [0.15, 0.2) is 55.1 Å². The number of anilines is 2. The molecular weight excluding hydrogens is 542 g/mol. The monoisotopic (exact) mass is 581 g/mol. The number of methoxy groups -OCH3 is 1. The number of nitriles is 1. The van der Waals surface area contributed by atoms with Gasteiger partial charge in [0, 0.05) is 62.5 Å². The molecule has 1 aromatic heterocycles. The van der Waals surface area contributed by atoms with E-state index in [1.807, 2.05) is 0 Å². The lowest BCUT2D eigenvalue weighted by Gasteiger charge is -2.42. The number of piperazine rings is 1. The number of carbonyl (C=O) groups excluding carboxylic acids is 1. The van der Waals surface area contributed by atoms with Crippen LogP contribution in [0.4, 0.5) is 11.5 Å². The normalized spacial score (nSPS) is 22.3. The minimum Gasteiger partial charge on any atom is -0.462 e. The number of benzene rings is 2. The number of carbonyl (C=O) groups is 1. The van der Waals surface area contributed by atoms with E-state index in [0.717, 1.165) is 43.0 Å². The second kappa shape index (κ2) is 12.6. The van der Waals surface area contributed by atoms with Gasteiger partial charge in [0.05, 0.1) is 36.9 Å². The van der Waals surface area contributed by atoms with Gasteiger partial charge < -0.3 is 24.2 Å². The Labute approximate surface area is 253 Å². The molecule has 4 heterocycles. The summed E-state index contributed by atoms with van der Waals surface area (Å²) in [5.74, 6) is 0.704. The van der Waals surface area contributed by atoms with Crippen LogP contribution in [0, 0.1) is 11.3 Å². The highest BCUT2D eigenvalue weighted by Crippen LogP contribution is 2.35. The molecule has 0 aliphatic carbocycles. The molecule has 224 valence electrons. The van der Waals surface area contributed by atoms with Crippen molar-refractivity contribution < 1.29 is 14.3 Å². The average Bonchev–Trinajstić information content (AvgIpc) is 3.41. The molecule has 2 aromatic carbocycles. The zero-order valence-electron chi connectivity index (χ0n) is 25.0. The van der Waals surface area contributed by atoms with E-state index in [1.165, 1.54) is 22.5 Å². The van der Waals surface area contributed by atoms with Crippen molar-refractivity contribution in [1.82, 2.24) is 19.8 Å². The highest BCUT2D eigenvalue weighted by Gasteiger charge is 2.34. The van der Waals surface area contributed by atoms with E-state index < -0.39 is 0 Å². The number of fused-ring (bicyclic) bond motifs is 2. The maximum atomic E-state index is 12.5. The Morgan fingerprint density at radius 1 is 1.09 bits per heavy atom. The second-order valence-corrected chi connectivity index (χ2v) is 11.6. The number of aromatic nitrogens is 2. The van der Waals surface area contributed by atoms with Crippen molar-refractivity contribution in [2.45, 2.75) is 44.0 Å². The zero-order chi connectivity index (χ0) is 29.9. The summed E-state index contributed by atoms with van der Waals surface area (Å²) in [7, 11) is 3.85. The molecule has 3 aromatic rings. The van der Waals surface area contributed by atoms with Crippen molar-refractivity contribution in [1.29, 1.82) is 5.26 Å². The maximum Gasteiger partial charge on any atom is 0.318 e. The molecule has 3 aliphatic rings. The SMILES string of the molecule is C=CC(=O)N1CCN(c2nc(OC[C@@H]3C[C@@H](OC)CN3C)nc3c2CCN(c2cccc4ccccc24)C3)C[C@@H]1CC#N. The Kier molecular flexibility index (Phi) is 8.45. The van der Waals surface area contributed by atoms with Crippen LogP contribution in [0.1, 0.15) is 24.1 Å². The number of nitrogens with zero attached hydrogens (tertiary/aromatic N) is 7. The predicted molar refractivity (Wildman–Crippen MR) is 166 cm³/mol. The molecule has 3 atom stereocenters. The summed E-state index contributed by atoms with van der Waals surface area (Å²) >= 11 is 0. The minimum atomic E-state index is -0.242. The van der Waals surface area contributed by atoms with Crippen LogP contribution < -0.4 is 14.5 Å². The molecule has 10 nitrogen and oxygen atoms in total. The summed E-state index contributed by atoms with van der Waals surface area (Å²) in [6.07, 6.45) is 3.45. The number of rotatable bonds is 8. The topological polar surface area (TPSA) is 98.1 Å². The molecular formula is C33H39N7O3. The van der Waals surface area contributed by atoms with Gasteiger partial charge >= 0.3 is 6.01 Å². The van der Waals surface area contributed by atoms with Gasteiger partial charge in [-0.1, -0.05) is 43.0 Å². The molecule has 0 bridgehead atoms. The second-order valence-electron chi connectivity index (χ2n) is 11.6. The number of likely N-dealkylation sites (N-methyl/N-ethyl adjacent to an activating group) is 1. The Balaban J connectivity index is 1.32. The van der Waals surface area contributed by atoms with E-state index in [2.05, 4.69) is 76.9 Å². The molecule has 0 unspecified atom stereocenters. The maximum absolute atomic E-state index is 12.5. The third kappa shape index (κ3) is 5.88. The Morgan fingerprint density at radius 3 is 2.72 bits per heavy atom. The van der Waals surface area contributed by atoms with E-state index in [4.69, 9.17) is 19.4 Å². The molecule has 1 amide bonds. The van der Waals surface area contributed by atoms with E-state index in [-0.39, 0.29) is 30.5 Å². The number of ether oxygens (including phenoxy) is 2. The fraction of sp³-hybridized carbons (Fsp3) is 0.455. The lowest BCUT2D eigenvalue weighted by molar-refractivity contribution is -0.128. The number of hydrogen-bond donors (Lipinski definition) is 0. The van der Waals surface area contributed by atoms with E-state index >= 15 is 0 Å². The summed E-state index contributed by atoms with van der Waals surface area (Å²) in [6.45, 7) is 8.10. The van der Waals surface area contributed by atoms with Crippen LogP contribution in [0.2, 0.25) is 0 Å². The van der Waals surface area contributed by atoms with Crippen LogP contribution in [0.5, 0.6) is 6.01 Å². The highest BCUT2D eigenvalue weighted by atomic mass is 16.5. The van der Waals surface area contributed by atoms with Crippen LogP contribution in [0.3, 0.4) is 0 Å². The van der Waals surface area contributed by atoms with Crippen molar-refractivity contribution >= 4 is 28.2 Å². The van der Waals surface area contributed by atoms with Crippen LogP contribution in [-0.4, -0.2) is 97.4 Å². The first-order valence-electron chi connectivity index (χ1n) is 15.0. The van der Waals surface area contributed by atoms with Gasteiger partial charge in [-0.2, -0.15) is 15.2 Å². The Hall–Kier alpha value is -4.20. The standard InChI is InChI=1S/C33H39N7O3/c1-4-31(41)40-17-16-39(19-24(40)12-14-34)32-28-13-15-38(30-11-7-9-23-8-5-6-10-27(23)30)21-29(28)35-33(36-32)43-22-25-18-26(42-3)20-37(25)2/h4-11,24-26H,1,12-13,15-22H2,2-3H3/t24-,25-,26+/m0/s1. The third-order valence-corrected chi connectivity index (χ3v) is 9.09. The Bertz CT molecular complexity index is 1530. The average molecular weight is 582 g/mol. The fourth-order valence-corrected chi connectivity index (χ4v) is 6.70. The van der Waals surface area contributed by atoms with Gasteiger partial charge in [0.1, 0.15) is 12.4 Å². The van der Waals surface area contributed by atoms with Crippen molar-refractivity contribution in [3.8, 4) is 12.1 Å². The molecule has 10 heteroatoms. The van der Waals surface area contributed by atoms with Crippen LogP contribution in [-0.2, 0) is 22.5 Å². The lowest BCUT2D eigenvalue weighted by atomic mass is 10.0. The van der Waals surface area contributed by atoms with Gasteiger partial charge in [-0.05, 0) is 37.4 Å². The molecule has 0 radical (unpaired) electrons. The lowest BCUT2D eigenvalue weighted by Crippen LogP contribution is -2.55. The molecule has 2 fully saturated rings. The van der Waals surface area contributed by atoms with Gasteiger partial charge in [-0.3, -0.25) is 9.69 Å². The fourth-order valence-electron chi connectivity index (χ4n) is 6.70. The van der Waals surface area contributed by atoms with Gasteiger partial charge in [0.25, 0.3) is 0 Å². The molecule has 43 heavy (non-hydrogen) atoms. The van der Waals surface area contributed by atoms with Gasteiger partial charge in [-0.25, -0.2) is 0 Å². The van der Waals surface area contributed by atoms with Crippen molar-refractivity contribution in [2.75, 3.05) is 63.3 Å². The van der Waals surface area contributed by atoms with E-state index in [9.17, 15) is 10.1 Å². The first-order chi connectivity index (χ1) is 21.0. The minimum absolute atomic E-state index is 0.144. The largest absolute Gasteiger partial charge is 0.462 e. The van der Waals surface area contributed by atoms with Gasteiger partial charge in [-0.15, -0.1) is 0 Å². The van der Waals surface area contributed by atoms with Gasteiger partial charge in [0.2, 0.25) is 5.91 Å². The number of likely N-dealkylation sites (tertiary alicyclic amines) is 1. The predicted octanol–water partition coefficient (Wildman–Crippen LogP) is 3.41. The summed E-state index contributed by atoms with van der Waals surface area (Å²) < 4.78 is 11.9. The molecule has 0 N–H and O–H groups in total. The van der Waals surface area contributed by atoms with Crippen molar-refractivity contribution in [3.05, 3.63) is 66.4 Å². The van der Waals surface area contributed by atoms with Crippen molar-refractivity contribution in [2.24, 2.45) is 0 Å². The molecule has 3 aliphatic heterocycles. The first kappa shape index (κ1) is 28.9. The number of hydrogen-bond acceptors (Lipinski definition) is 9. The van der Waals surface area contributed by atoms with E-state index in [1.54, 1.807) is 12.0 Å². The van der Waals surface area contributed by atoms with E-state index in [0.29, 0.717) is 38.8 Å². The summed E-state index contributed by atoms with van der Waals surface area (Å²) in [4.78, 5) is 31.1. The first-order valence-corrected chi connectivity index (χ1v) is 15.0. The summed E-state index contributed by atoms with van der Waals surface area (Å²) in [5.41, 5.74) is 3.26. The van der Waals surface area contributed by atoms with Crippen LogP contribution in [0.25, 0.3) is 10.8 Å². The Morgan fingerprint density at radius 2 is 1.93 bits per heavy atom.